The predicted octanol–water partition coefficient (Wildman–Crippen LogP) is 5.03. The van der Waals surface area contributed by atoms with E-state index in [2.05, 4.69) is 4.99 Å². The highest BCUT2D eigenvalue weighted by molar-refractivity contribution is 6.28. The Morgan fingerprint density at radius 1 is 1.07 bits per heavy atom. The number of carbonyl (C=O) groups excluding carboxylic acids is 1. The number of benzene rings is 2. The Hall–Kier alpha value is -3.28. The molecule has 6 heteroatoms. The van der Waals surface area contributed by atoms with Crippen LogP contribution in [0.2, 0.25) is 0 Å². The number of para-hydroxylation sites is 2. The van der Waals surface area contributed by atoms with E-state index < -0.39 is 4.92 Å². The first-order valence-corrected chi connectivity index (χ1v) is 8.62. The molecular weight excluding hydrogens is 344 g/mol. The maximum absolute atomic E-state index is 12.8. The van der Waals surface area contributed by atoms with Crippen molar-refractivity contribution in [2.75, 3.05) is 0 Å². The van der Waals surface area contributed by atoms with Crippen molar-refractivity contribution in [1.82, 2.24) is 0 Å². The number of allylic oxidation sites excluding steroid dienone is 1. The molecule has 0 heterocycles. The first-order valence-electron chi connectivity index (χ1n) is 8.62. The number of hydrogen-bond donors (Lipinski definition) is 1. The molecule has 2 aromatic carbocycles. The Bertz CT molecular complexity index is 959. The van der Waals surface area contributed by atoms with E-state index in [0.717, 1.165) is 0 Å². The fraction of sp³-hybridized carbons (Fsp3) is 0.238. The van der Waals surface area contributed by atoms with Crippen molar-refractivity contribution in [2.24, 2.45) is 10.4 Å². The highest BCUT2D eigenvalue weighted by Gasteiger charge is 2.37. The van der Waals surface area contributed by atoms with Crippen LogP contribution >= 0.6 is 0 Å². The summed E-state index contributed by atoms with van der Waals surface area (Å²) in [5.74, 6) is -0.363. The summed E-state index contributed by atoms with van der Waals surface area (Å²) >= 11 is 0. The predicted molar refractivity (Wildman–Crippen MR) is 104 cm³/mol. The molecule has 3 rings (SSSR count). The number of nitrogens with zero attached hydrogens (tertiary/aromatic N) is 2. The van der Waals surface area contributed by atoms with Crippen molar-refractivity contribution >= 4 is 28.6 Å². The van der Waals surface area contributed by atoms with Crippen LogP contribution in [-0.4, -0.2) is 21.5 Å². The lowest BCUT2D eigenvalue weighted by atomic mass is 9.73. The largest absolute Gasteiger partial charge is 0.506 e. The van der Waals surface area contributed by atoms with Gasteiger partial charge in [-0.05, 0) is 17.9 Å². The van der Waals surface area contributed by atoms with Crippen molar-refractivity contribution in [3.63, 3.8) is 0 Å². The summed E-state index contributed by atoms with van der Waals surface area (Å²) in [7, 11) is 0. The Balaban J connectivity index is 2.20. The second-order valence-electron chi connectivity index (χ2n) is 7.33. The van der Waals surface area contributed by atoms with E-state index in [-0.39, 0.29) is 40.3 Å². The van der Waals surface area contributed by atoms with E-state index in [0.29, 0.717) is 17.7 Å². The number of nitro benzene ring substituents is 1. The van der Waals surface area contributed by atoms with Crippen LogP contribution in [-0.2, 0) is 4.79 Å². The molecule has 1 fully saturated rings. The number of carbonyl (C=O) groups is 1. The van der Waals surface area contributed by atoms with Crippen molar-refractivity contribution in [3.05, 3.63) is 75.8 Å². The number of nitro groups is 1. The third kappa shape index (κ3) is 3.95. The molecule has 0 radical (unpaired) electrons. The van der Waals surface area contributed by atoms with Crippen LogP contribution < -0.4 is 0 Å². The van der Waals surface area contributed by atoms with E-state index in [1.165, 1.54) is 12.1 Å². The summed E-state index contributed by atoms with van der Waals surface area (Å²) in [4.78, 5) is 28.1. The fourth-order valence-electron chi connectivity index (χ4n) is 3.25. The van der Waals surface area contributed by atoms with Crippen molar-refractivity contribution in [2.45, 2.75) is 26.7 Å². The SMILES string of the molecule is CC1(C)CC(=O)C(=C(O)c2ccccc2)C(=Nc2ccccc2[N+](=O)[O-])C1. The van der Waals surface area contributed by atoms with Gasteiger partial charge in [-0.1, -0.05) is 56.3 Å². The monoisotopic (exact) mass is 364 g/mol. The molecule has 138 valence electrons. The van der Waals surface area contributed by atoms with Crippen LogP contribution in [0, 0.1) is 15.5 Å². The number of hydrogen-bond acceptors (Lipinski definition) is 5. The Morgan fingerprint density at radius 2 is 1.70 bits per heavy atom. The molecule has 0 spiro atoms. The van der Waals surface area contributed by atoms with Gasteiger partial charge in [-0.3, -0.25) is 14.9 Å². The average Bonchev–Trinajstić information content (AvgIpc) is 2.61. The third-order valence-electron chi connectivity index (χ3n) is 4.47. The molecule has 27 heavy (non-hydrogen) atoms. The summed E-state index contributed by atoms with van der Waals surface area (Å²) in [6, 6.07) is 14.9. The Morgan fingerprint density at radius 3 is 2.37 bits per heavy atom. The summed E-state index contributed by atoms with van der Waals surface area (Å²) < 4.78 is 0. The minimum Gasteiger partial charge on any atom is -0.506 e. The molecule has 0 saturated heterocycles. The zero-order valence-electron chi connectivity index (χ0n) is 15.2. The van der Waals surface area contributed by atoms with Gasteiger partial charge in [0.2, 0.25) is 0 Å². The lowest BCUT2D eigenvalue weighted by Crippen LogP contribution is -2.32. The average molecular weight is 364 g/mol. The highest BCUT2D eigenvalue weighted by Crippen LogP contribution is 2.38. The maximum Gasteiger partial charge on any atom is 0.294 e. The number of rotatable bonds is 3. The Labute approximate surface area is 157 Å². The molecular formula is C21H20N2O4. The molecule has 1 N–H and O–H groups in total. The first kappa shape index (κ1) is 18.5. The summed E-state index contributed by atoms with van der Waals surface area (Å²) in [6.45, 7) is 3.88. The summed E-state index contributed by atoms with van der Waals surface area (Å²) in [5, 5.41) is 22.1. The van der Waals surface area contributed by atoms with Crippen molar-refractivity contribution < 1.29 is 14.8 Å². The fourth-order valence-corrected chi connectivity index (χ4v) is 3.25. The van der Waals surface area contributed by atoms with Gasteiger partial charge in [-0.2, -0.15) is 0 Å². The first-order chi connectivity index (χ1) is 12.8. The lowest BCUT2D eigenvalue weighted by molar-refractivity contribution is -0.384. The van der Waals surface area contributed by atoms with Gasteiger partial charge in [0.15, 0.2) is 5.78 Å². The van der Waals surface area contributed by atoms with Gasteiger partial charge in [-0.15, -0.1) is 0 Å². The smallest absolute Gasteiger partial charge is 0.294 e. The van der Waals surface area contributed by atoms with E-state index in [1.54, 1.807) is 36.4 Å². The zero-order chi connectivity index (χ0) is 19.6. The maximum atomic E-state index is 12.8. The minimum absolute atomic E-state index is 0.138. The third-order valence-corrected chi connectivity index (χ3v) is 4.47. The molecule has 1 saturated carbocycles. The molecule has 0 aliphatic heterocycles. The summed E-state index contributed by atoms with van der Waals surface area (Å²) in [5.41, 5.74) is 0.696. The molecule has 2 aromatic rings. The molecule has 0 unspecified atom stereocenters. The molecule has 0 atom stereocenters. The minimum atomic E-state index is -0.504. The number of Topliss-reactive ketones (excluding diaryl/α,β-unsaturated/α-hetero) is 1. The number of ketones is 1. The number of aliphatic hydroxyl groups is 1. The van der Waals surface area contributed by atoms with Crippen LogP contribution in [0.4, 0.5) is 11.4 Å². The van der Waals surface area contributed by atoms with Crippen molar-refractivity contribution in [3.8, 4) is 0 Å². The van der Waals surface area contributed by atoms with Gasteiger partial charge in [0.05, 0.1) is 16.2 Å². The van der Waals surface area contributed by atoms with Crippen LogP contribution in [0.1, 0.15) is 32.3 Å². The van der Waals surface area contributed by atoms with E-state index in [1.807, 2.05) is 19.9 Å². The van der Waals surface area contributed by atoms with Crippen LogP contribution in [0.5, 0.6) is 0 Å². The van der Waals surface area contributed by atoms with Gasteiger partial charge < -0.3 is 5.11 Å². The zero-order valence-corrected chi connectivity index (χ0v) is 15.2. The van der Waals surface area contributed by atoms with Crippen LogP contribution in [0.25, 0.3) is 5.76 Å². The summed E-state index contributed by atoms with van der Waals surface area (Å²) in [6.07, 6.45) is 0.701. The molecule has 0 aromatic heterocycles. The van der Waals surface area contributed by atoms with E-state index >= 15 is 0 Å². The van der Waals surface area contributed by atoms with Crippen LogP contribution in [0.3, 0.4) is 0 Å². The molecule has 1 aliphatic rings. The van der Waals surface area contributed by atoms with E-state index in [4.69, 9.17) is 0 Å². The van der Waals surface area contributed by atoms with Crippen molar-refractivity contribution in [1.29, 1.82) is 0 Å². The lowest BCUT2D eigenvalue weighted by Gasteiger charge is -2.31. The number of aliphatic hydroxyl groups excluding tert-OH is 1. The quantitative estimate of drug-likeness (QED) is 0.358. The molecule has 6 nitrogen and oxygen atoms in total. The van der Waals surface area contributed by atoms with Gasteiger partial charge >= 0.3 is 0 Å². The second kappa shape index (κ2) is 7.15. The van der Waals surface area contributed by atoms with Gasteiger partial charge in [0.1, 0.15) is 11.4 Å². The topological polar surface area (TPSA) is 92.8 Å². The van der Waals surface area contributed by atoms with Crippen LogP contribution in [0.15, 0.2) is 65.2 Å². The van der Waals surface area contributed by atoms with Gasteiger partial charge in [0, 0.05) is 18.1 Å². The molecule has 0 amide bonds. The normalized spacial score (nSPS) is 19.8. The molecule has 1 aliphatic carbocycles. The standard InChI is InChI=1S/C21H20N2O4/c1-21(2)12-16(22-15-10-6-7-11-17(15)23(26)27)19(18(24)13-21)20(25)14-8-4-3-5-9-14/h3-11,25H,12-13H2,1-2H3. The highest BCUT2D eigenvalue weighted by atomic mass is 16.6. The Kier molecular flexibility index (Phi) is 4.90. The molecule has 0 bridgehead atoms. The number of aliphatic imine (C=N–C) groups is 1. The van der Waals surface area contributed by atoms with Gasteiger partial charge in [0.25, 0.3) is 5.69 Å². The van der Waals surface area contributed by atoms with Gasteiger partial charge in [-0.25, -0.2) is 4.99 Å². The second-order valence-corrected chi connectivity index (χ2v) is 7.33. The van der Waals surface area contributed by atoms with E-state index in [9.17, 15) is 20.0 Å².